The number of hydrogen-bond acceptors (Lipinski definition) is 7. The van der Waals surface area contributed by atoms with Crippen molar-refractivity contribution in [3.05, 3.63) is 83.9 Å². The van der Waals surface area contributed by atoms with Gasteiger partial charge < -0.3 is 34.7 Å². The number of anilines is 1. The molecule has 9 nitrogen and oxygen atoms in total. The van der Waals surface area contributed by atoms with Crippen LogP contribution >= 0.6 is 0 Å². The van der Waals surface area contributed by atoms with Gasteiger partial charge in [-0.15, -0.1) is 0 Å². The van der Waals surface area contributed by atoms with Gasteiger partial charge in [0.1, 0.15) is 23.4 Å². The summed E-state index contributed by atoms with van der Waals surface area (Å²) < 4.78 is 23.9. The van der Waals surface area contributed by atoms with Crippen molar-refractivity contribution in [2.75, 3.05) is 25.1 Å². The molecule has 2 saturated heterocycles. The van der Waals surface area contributed by atoms with Crippen LogP contribution in [0.4, 0.5) is 5.69 Å². The van der Waals surface area contributed by atoms with E-state index in [0.29, 0.717) is 37.6 Å². The van der Waals surface area contributed by atoms with Crippen LogP contribution in [0, 0.1) is 5.92 Å². The molecule has 0 aliphatic carbocycles. The fourth-order valence-corrected chi connectivity index (χ4v) is 6.04. The summed E-state index contributed by atoms with van der Waals surface area (Å²) in [6, 6.07) is 22.8. The Kier molecular flexibility index (Phi) is 8.69. The van der Waals surface area contributed by atoms with E-state index >= 15 is 0 Å². The van der Waals surface area contributed by atoms with Crippen LogP contribution in [-0.4, -0.2) is 55.1 Å². The van der Waals surface area contributed by atoms with Gasteiger partial charge in [-0.3, -0.25) is 9.59 Å². The molecule has 9 heteroatoms. The molecule has 3 heterocycles. The van der Waals surface area contributed by atoms with E-state index in [1.807, 2.05) is 72.8 Å². The van der Waals surface area contributed by atoms with E-state index in [0.717, 1.165) is 35.5 Å². The molecule has 220 valence electrons. The lowest BCUT2D eigenvalue weighted by atomic mass is 9.76. The summed E-state index contributed by atoms with van der Waals surface area (Å²) in [5, 5.41) is 16.1. The van der Waals surface area contributed by atoms with Crippen molar-refractivity contribution in [1.82, 2.24) is 5.32 Å². The minimum atomic E-state index is -0.733. The second kappa shape index (κ2) is 12.9. The van der Waals surface area contributed by atoms with Gasteiger partial charge in [-0.05, 0) is 54.4 Å². The topological polar surface area (TPSA) is 115 Å². The minimum Gasteiger partial charge on any atom is -0.490 e. The summed E-state index contributed by atoms with van der Waals surface area (Å²) in [5.74, 6) is 0.998. The minimum absolute atomic E-state index is 0.0419. The lowest BCUT2D eigenvalue weighted by molar-refractivity contribution is -0.148. The molecule has 2 fully saturated rings. The van der Waals surface area contributed by atoms with Crippen molar-refractivity contribution in [3.63, 3.8) is 0 Å². The third kappa shape index (κ3) is 6.59. The molecule has 3 aliphatic heterocycles. The number of nitrogens with one attached hydrogen (secondary N) is 2. The number of carbonyl (C=O) groups is 2. The summed E-state index contributed by atoms with van der Waals surface area (Å²) in [5.41, 5.74) is 2.54. The van der Waals surface area contributed by atoms with Crippen LogP contribution in [-0.2, 0) is 25.6 Å². The predicted octanol–water partition coefficient (Wildman–Crippen LogP) is 4.54. The quantitative estimate of drug-likeness (QED) is 0.345. The molecule has 0 unspecified atom stereocenters. The molecular formula is C33H36N2O7. The summed E-state index contributed by atoms with van der Waals surface area (Å²) in [7, 11) is 0. The highest BCUT2D eigenvalue weighted by Gasteiger charge is 2.46. The molecule has 0 radical (unpaired) electrons. The van der Waals surface area contributed by atoms with Crippen LogP contribution in [0.25, 0.3) is 0 Å². The fourth-order valence-electron chi connectivity index (χ4n) is 6.04. The normalized spacial score (nSPS) is 23.7. The number of aliphatic hydroxyl groups excluding tert-OH is 1. The lowest BCUT2D eigenvalue weighted by Crippen LogP contribution is -2.48. The van der Waals surface area contributed by atoms with E-state index in [-0.39, 0.29) is 36.9 Å². The van der Waals surface area contributed by atoms with Crippen LogP contribution in [0.3, 0.4) is 0 Å². The van der Waals surface area contributed by atoms with E-state index in [4.69, 9.17) is 18.9 Å². The molecule has 3 aromatic carbocycles. The molecule has 0 saturated carbocycles. The Hall–Kier alpha value is -3.92. The van der Waals surface area contributed by atoms with Crippen molar-refractivity contribution in [2.45, 2.75) is 56.5 Å². The van der Waals surface area contributed by atoms with Gasteiger partial charge >= 0.3 is 0 Å². The zero-order valence-corrected chi connectivity index (χ0v) is 23.4. The smallest absolute Gasteiger partial charge is 0.230 e. The third-order valence-electron chi connectivity index (χ3n) is 8.14. The number of ether oxygens (including phenoxy) is 4. The number of amides is 2. The number of aliphatic hydroxyl groups is 1. The van der Waals surface area contributed by atoms with Gasteiger partial charge in [0.25, 0.3) is 0 Å². The molecule has 3 aliphatic rings. The van der Waals surface area contributed by atoms with Crippen LogP contribution in [0.15, 0.2) is 72.8 Å². The van der Waals surface area contributed by atoms with Gasteiger partial charge in [0, 0.05) is 36.6 Å². The number of rotatable bonds is 9. The fraction of sp³-hybridized carbons (Fsp3) is 0.394. The molecular weight excluding hydrogens is 536 g/mol. The summed E-state index contributed by atoms with van der Waals surface area (Å²) in [6.07, 6.45) is 1.04. The van der Waals surface area contributed by atoms with Crippen molar-refractivity contribution in [2.24, 2.45) is 5.92 Å². The van der Waals surface area contributed by atoms with Crippen LogP contribution in [0.2, 0.25) is 0 Å². The Labute approximate surface area is 245 Å². The van der Waals surface area contributed by atoms with Crippen molar-refractivity contribution in [1.29, 1.82) is 0 Å². The van der Waals surface area contributed by atoms with Gasteiger partial charge in [-0.2, -0.15) is 0 Å². The van der Waals surface area contributed by atoms with Crippen LogP contribution < -0.4 is 20.1 Å². The molecule has 2 amide bonds. The maximum atomic E-state index is 13.2. The Morgan fingerprint density at radius 3 is 2.52 bits per heavy atom. The average molecular weight is 573 g/mol. The predicted molar refractivity (Wildman–Crippen MR) is 156 cm³/mol. The first-order valence-corrected chi connectivity index (χ1v) is 14.6. The summed E-state index contributed by atoms with van der Waals surface area (Å²) in [4.78, 5) is 26.2. The maximum absolute atomic E-state index is 13.2. The van der Waals surface area contributed by atoms with Gasteiger partial charge in [-0.1, -0.05) is 30.3 Å². The molecule has 0 spiro atoms. The van der Waals surface area contributed by atoms with Gasteiger partial charge in [0.05, 0.1) is 44.4 Å². The maximum Gasteiger partial charge on any atom is 0.230 e. The Balaban J connectivity index is 1.10. The van der Waals surface area contributed by atoms with E-state index in [1.54, 1.807) is 0 Å². The van der Waals surface area contributed by atoms with E-state index < -0.39 is 18.1 Å². The molecule has 42 heavy (non-hydrogen) atoms. The molecule has 3 aromatic rings. The van der Waals surface area contributed by atoms with Gasteiger partial charge in [0.15, 0.2) is 0 Å². The number of para-hydroxylation sites is 1. The van der Waals surface area contributed by atoms with E-state index in [1.165, 1.54) is 0 Å². The standard InChI is InChI=1S/C33H36N2O7/c36-20-30-32-28(27-16-22(35-33(32)38)8-11-29(27)41-25-12-14-39-15-13-25)17-26(42-30)18-31(37)34-19-21-6-9-24(10-7-21)40-23-4-2-1-3-5-23/h1-11,16,25-26,28,30,32,36H,12-15,17-20H2,(H,34,37)(H,35,38)/t26-,28+,30+,32-/m0/s1. The Morgan fingerprint density at radius 2 is 1.76 bits per heavy atom. The highest BCUT2D eigenvalue weighted by atomic mass is 16.5. The first-order valence-electron chi connectivity index (χ1n) is 14.6. The zero-order chi connectivity index (χ0) is 28.9. The van der Waals surface area contributed by atoms with Crippen LogP contribution in [0.5, 0.6) is 17.2 Å². The van der Waals surface area contributed by atoms with Crippen molar-refractivity contribution in [3.8, 4) is 17.2 Å². The summed E-state index contributed by atoms with van der Waals surface area (Å²) in [6.45, 7) is 1.36. The molecule has 4 atom stereocenters. The molecule has 2 bridgehead atoms. The SMILES string of the molecule is O=C(C[C@@H]1C[C@@H]2c3cc(ccc3OC3CCOCC3)NC(=O)[C@@H]2[C@@H](CO)O1)NCc1ccc(Oc2ccccc2)cc1. The number of carbonyl (C=O) groups excluding carboxylic acids is 2. The number of hydrogen-bond donors (Lipinski definition) is 3. The van der Waals surface area contributed by atoms with Crippen LogP contribution in [0.1, 0.15) is 42.7 Å². The first kappa shape index (κ1) is 28.2. The van der Waals surface area contributed by atoms with Gasteiger partial charge in [0.2, 0.25) is 11.8 Å². The zero-order valence-electron chi connectivity index (χ0n) is 23.4. The Bertz CT molecular complexity index is 1370. The number of benzene rings is 3. The summed E-state index contributed by atoms with van der Waals surface area (Å²) >= 11 is 0. The second-order valence-corrected chi connectivity index (χ2v) is 11.1. The molecule has 0 aromatic heterocycles. The van der Waals surface area contributed by atoms with E-state index in [2.05, 4.69) is 10.6 Å². The third-order valence-corrected chi connectivity index (χ3v) is 8.14. The van der Waals surface area contributed by atoms with Crippen molar-refractivity contribution < 1.29 is 33.6 Å². The van der Waals surface area contributed by atoms with E-state index in [9.17, 15) is 14.7 Å². The largest absolute Gasteiger partial charge is 0.490 e. The monoisotopic (exact) mass is 572 g/mol. The number of fused-ring (bicyclic) bond motifs is 4. The highest BCUT2D eigenvalue weighted by molar-refractivity contribution is 5.95. The van der Waals surface area contributed by atoms with Gasteiger partial charge in [-0.25, -0.2) is 0 Å². The molecule has 3 N–H and O–H groups in total. The first-order chi connectivity index (χ1) is 20.6. The van der Waals surface area contributed by atoms with Crippen molar-refractivity contribution >= 4 is 17.5 Å². The average Bonchev–Trinajstić information content (AvgIpc) is 3.12. The molecule has 6 rings (SSSR count). The lowest BCUT2D eigenvalue weighted by Gasteiger charge is -2.40. The highest BCUT2D eigenvalue weighted by Crippen LogP contribution is 2.46. The Morgan fingerprint density at radius 1 is 1.00 bits per heavy atom. The second-order valence-electron chi connectivity index (χ2n) is 11.1.